The Hall–Kier alpha value is -1.72. The Kier molecular flexibility index (Phi) is 17.2. The maximum atomic E-state index is 12.1. The van der Waals surface area contributed by atoms with Crippen molar-refractivity contribution >= 4 is 6.79 Å². The SMILES string of the molecule is C=CCC(CO)C1CCC(COc2ccc(CCCCF)cc2)CC1.C=O.CO. The number of aliphatic hydroxyl groups excluding tert-OH is 2. The summed E-state index contributed by atoms with van der Waals surface area (Å²) in [5, 5.41) is 16.5. The lowest BCUT2D eigenvalue weighted by Crippen LogP contribution is -2.26. The molecular formula is C24H39FO4. The van der Waals surface area contributed by atoms with Gasteiger partial charge in [0.1, 0.15) is 12.5 Å². The van der Waals surface area contributed by atoms with Crippen molar-refractivity contribution in [1.29, 1.82) is 0 Å². The minimum absolute atomic E-state index is 0.226. The molecule has 1 saturated carbocycles. The molecule has 0 heterocycles. The molecule has 0 aromatic heterocycles. The summed E-state index contributed by atoms with van der Waals surface area (Å²) in [7, 11) is 1.00. The number of aryl methyl sites for hydroxylation is 1. The van der Waals surface area contributed by atoms with Gasteiger partial charge in [0.25, 0.3) is 0 Å². The molecule has 2 rings (SSSR count). The first-order valence-corrected chi connectivity index (χ1v) is 10.5. The maximum Gasteiger partial charge on any atom is 0.119 e. The highest BCUT2D eigenvalue weighted by molar-refractivity contribution is 5.27. The van der Waals surface area contributed by atoms with Gasteiger partial charge >= 0.3 is 0 Å². The van der Waals surface area contributed by atoms with Crippen LogP contribution in [0.4, 0.5) is 4.39 Å². The van der Waals surface area contributed by atoms with Crippen molar-refractivity contribution in [2.75, 3.05) is 27.0 Å². The molecule has 0 bridgehead atoms. The number of hydrogen-bond donors (Lipinski definition) is 2. The summed E-state index contributed by atoms with van der Waals surface area (Å²) in [5.74, 6) is 2.55. The molecule has 0 saturated heterocycles. The van der Waals surface area contributed by atoms with E-state index in [1.807, 2.05) is 25.0 Å². The highest BCUT2D eigenvalue weighted by Gasteiger charge is 2.26. The van der Waals surface area contributed by atoms with E-state index in [0.717, 1.165) is 38.7 Å². The van der Waals surface area contributed by atoms with Gasteiger partial charge in [-0.15, -0.1) is 6.58 Å². The van der Waals surface area contributed by atoms with Crippen LogP contribution in [0.2, 0.25) is 0 Å². The molecule has 1 atom stereocenters. The third-order valence-corrected chi connectivity index (χ3v) is 5.52. The van der Waals surface area contributed by atoms with E-state index >= 15 is 0 Å². The third kappa shape index (κ3) is 11.1. The van der Waals surface area contributed by atoms with Crippen molar-refractivity contribution in [1.82, 2.24) is 0 Å². The minimum Gasteiger partial charge on any atom is -0.493 e. The molecule has 1 aromatic carbocycles. The Bertz CT molecular complexity index is 498. The summed E-state index contributed by atoms with van der Waals surface area (Å²) in [6, 6.07) is 8.24. The fourth-order valence-corrected chi connectivity index (χ4v) is 3.85. The predicted octanol–water partition coefficient (Wildman–Crippen LogP) is 4.77. The molecule has 5 heteroatoms. The molecule has 0 amide bonds. The molecule has 0 spiro atoms. The molecule has 1 aromatic rings. The highest BCUT2D eigenvalue weighted by Crippen LogP contribution is 2.35. The van der Waals surface area contributed by atoms with Crippen LogP contribution in [-0.2, 0) is 11.2 Å². The zero-order valence-electron chi connectivity index (χ0n) is 17.9. The number of ether oxygens (including phenoxy) is 1. The minimum atomic E-state index is -0.226. The average molecular weight is 411 g/mol. The first-order chi connectivity index (χ1) is 14.3. The summed E-state index contributed by atoms with van der Waals surface area (Å²) in [5.41, 5.74) is 1.25. The second kappa shape index (κ2) is 18.3. The Labute approximate surface area is 175 Å². The first kappa shape index (κ1) is 27.3. The van der Waals surface area contributed by atoms with Crippen LogP contribution in [0.15, 0.2) is 36.9 Å². The van der Waals surface area contributed by atoms with Crippen molar-refractivity contribution in [2.45, 2.75) is 51.4 Å². The van der Waals surface area contributed by atoms with Crippen LogP contribution in [0, 0.1) is 17.8 Å². The maximum absolute atomic E-state index is 12.1. The average Bonchev–Trinajstić information content (AvgIpc) is 2.80. The molecule has 4 nitrogen and oxygen atoms in total. The van der Waals surface area contributed by atoms with Gasteiger partial charge in [0.05, 0.1) is 13.3 Å². The van der Waals surface area contributed by atoms with Gasteiger partial charge in [0.2, 0.25) is 0 Å². The number of benzene rings is 1. The van der Waals surface area contributed by atoms with Gasteiger partial charge in [-0.2, -0.15) is 0 Å². The van der Waals surface area contributed by atoms with Gasteiger partial charge in [0, 0.05) is 13.7 Å². The topological polar surface area (TPSA) is 66.8 Å². The lowest BCUT2D eigenvalue weighted by Gasteiger charge is -2.32. The number of aliphatic hydroxyl groups is 2. The van der Waals surface area contributed by atoms with Crippen molar-refractivity contribution in [3.8, 4) is 5.75 Å². The van der Waals surface area contributed by atoms with E-state index in [4.69, 9.17) is 14.6 Å². The first-order valence-electron chi connectivity index (χ1n) is 10.5. The Balaban J connectivity index is 0.00000184. The summed E-state index contributed by atoms with van der Waals surface area (Å²) < 4.78 is 18.1. The normalized spacial score (nSPS) is 19.0. The summed E-state index contributed by atoms with van der Waals surface area (Å²) in [4.78, 5) is 8.00. The highest BCUT2D eigenvalue weighted by atomic mass is 19.1. The van der Waals surface area contributed by atoms with E-state index in [1.54, 1.807) is 0 Å². The fraction of sp³-hybridized carbons (Fsp3) is 0.625. The fourth-order valence-electron chi connectivity index (χ4n) is 3.85. The molecule has 166 valence electrons. The number of alkyl halides is 1. The number of carbonyl (C=O) groups is 1. The van der Waals surface area contributed by atoms with Gasteiger partial charge in [-0.05, 0) is 86.8 Å². The van der Waals surface area contributed by atoms with E-state index in [9.17, 15) is 9.50 Å². The molecule has 2 N–H and O–H groups in total. The van der Waals surface area contributed by atoms with Gasteiger partial charge in [-0.1, -0.05) is 18.2 Å². The van der Waals surface area contributed by atoms with Crippen molar-refractivity contribution in [3.05, 3.63) is 42.5 Å². The molecular weight excluding hydrogens is 371 g/mol. The van der Waals surface area contributed by atoms with Gasteiger partial charge in [-0.3, -0.25) is 4.39 Å². The lowest BCUT2D eigenvalue weighted by atomic mass is 9.75. The molecule has 1 fully saturated rings. The van der Waals surface area contributed by atoms with Gasteiger partial charge < -0.3 is 19.7 Å². The summed E-state index contributed by atoms with van der Waals surface area (Å²) in [6.07, 6.45) is 10.0. The zero-order chi connectivity index (χ0) is 21.9. The number of halogens is 1. The summed E-state index contributed by atoms with van der Waals surface area (Å²) in [6.45, 7) is 6.62. The van der Waals surface area contributed by atoms with E-state index in [1.165, 1.54) is 31.2 Å². The Morgan fingerprint density at radius 2 is 1.76 bits per heavy atom. The van der Waals surface area contributed by atoms with Crippen LogP contribution in [0.1, 0.15) is 50.5 Å². The van der Waals surface area contributed by atoms with Crippen molar-refractivity contribution in [3.63, 3.8) is 0 Å². The Morgan fingerprint density at radius 3 is 2.28 bits per heavy atom. The van der Waals surface area contributed by atoms with Crippen LogP contribution in [-0.4, -0.2) is 44.0 Å². The van der Waals surface area contributed by atoms with Crippen LogP contribution >= 0.6 is 0 Å². The number of carbonyl (C=O) groups excluding carboxylic acids is 1. The van der Waals surface area contributed by atoms with Crippen molar-refractivity contribution < 1.29 is 24.1 Å². The second-order valence-electron chi connectivity index (χ2n) is 7.35. The lowest BCUT2D eigenvalue weighted by molar-refractivity contribution is -0.0979. The zero-order valence-corrected chi connectivity index (χ0v) is 17.9. The molecule has 1 aliphatic rings. The number of allylic oxidation sites excluding steroid dienone is 1. The van der Waals surface area contributed by atoms with E-state index in [0.29, 0.717) is 24.2 Å². The Morgan fingerprint density at radius 1 is 1.14 bits per heavy atom. The number of hydrogen-bond acceptors (Lipinski definition) is 4. The summed E-state index contributed by atoms with van der Waals surface area (Å²) >= 11 is 0. The molecule has 1 unspecified atom stereocenters. The molecule has 29 heavy (non-hydrogen) atoms. The second-order valence-corrected chi connectivity index (χ2v) is 7.35. The van der Waals surface area contributed by atoms with E-state index in [-0.39, 0.29) is 13.3 Å². The molecule has 0 aliphatic heterocycles. The standard InChI is InChI=1S/C22H33FO2.CH4O.CH2O/c1-2-5-21(16-24)20-11-7-19(8-12-20)17-25-22-13-9-18(10-14-22)6-3-4-15-23;2*1-2/h2,9-10,13-14,19-21,24H,1,3-8,11-12,15-17H2;2H,1H3;1H2. The quantitative estimate of drug-likeness (QED) is 0.407. The van der Waals surface area contributed by atoms with Crippen LogP contribution in [0.3, 0.4) is 0 Å². The molecule has 1 aliphatic carbocycles. The monoisotopic (exact) mass is 410 g/mol. The van der Waals surface area contributed by atoms with Crippen LogP contribution in [0.25, 0.3) is 0 Å². The van der Waals surface area contributed by atoms with Gasteiger partial charge in [-0.25, -0.2) is 0 Å². The molecule has 0 radical (unpaired) electrons. The van der Waals surface area contributed by atoms with Crippen LogP contribution in [0.5, 0.6) is 5.75 Å². The largest absolute Gasteiger partial charge is 0.493 e. The smallest absolute Gasteiger partial charge is 0.119 e. The van der Waals surface area contributed by atoms with E-state index < -0.39 is 0 Å². The van der Waals surface area contributed by atoms with E-state index in [2.05, 4.69) is 18.7 Å². The van der Waals surface area contributed by atoms with Gasteiger partial charge in [0.15, 0.2) is 0 Å². The number of rotatable bonds is 11. The van der Waals surface area contributed by atoms with Crippen LogP contribution < -0.4 is 4.74 Å². The number of unbranched alkanes of at least 4 members (excludes halogenated alkanes) is 1. The van der Waals surface area contributed by atoms with Crippen molar-refractivity contribution in [2.24, 2.45) is 17.8 Å². The predicted molar refractivity (Wildman–Crippen MR) is 117 cm³/mol. The third-order valence-electron chi connectivity index (χ3n) is 5.52.